The Hall–Kier alpha value is -0.930. The molecule has 0 aliphatic heterocycles. The summed E-state index contributed by atoms with van der Waals surface area (Å²) < 4.78 is 18.7. The average molecular weight is 239 g/mol. The molecule has 0 fully saturated rings. The Labute approximate surface area is 103 Å². The van der Waals surface area contributed by atoms with Gasteiger partial charge < -0.3 is 10.1 Å². The molecule has 0 spiro atoms. The molecule has 0 radical (unpaired) electrons. The van der Waals surface area contributed by atoms with Crippen LogP contribution in [-0.4, -0.2) is 18.8 Å². The lowest BCUT2D eigenvalue weighted by molar-refractivity contribution is 0.00843. The van der Waals surface area contributed by atoms with Crippen molar-refractivity contribution in [3.05, 3.63) is 35.6 Å². The third kappa shape index (κ3) is 4.84. The standard InChI is InChI=1S/C14H22FNO/c1-11(9-14(2,3)17-4)16-10-12-7-5-6-8-13(12)15/h5-8,11,16H,9-10H2,1-4H3. The molecule has 17 heavy (non-hydrogen) atoms. The Morgan fingerprint density at radius 1 is 1.35 bits per heavy atom. The number of hydrogen-bond acceptors (Lipinski definition) is 2. The molecule has 1 rings (SSSR count). The van der Waals surface area contributed by atoms with Crippen molar-refractivity contribution in [1.82, 2.24) is 5.32 Å². The van der Waals surface area contributed by atoms with Crippen LogP contribution in [-0.2, 0) is 11.3 Å². The van der Waals surface area contributed by atoms with Gasteiger partial charge in [-0.2, -0.15) is 0 Å². The lowest BCUT2D eigenvalue weighted by Gasteiger charge is -2.27. The van der Waals surface area contributed by atoms with Crippen molar-refractivity contribution >= 4 is 0 Å². The Balaban J connectivity index is 2.44. The molecular weight excluding hydrogens is 217 g/mol. The van der Waals surface area contributed by atoms with Gasteiger partial charge in [-0.15, -0.1) is 0 Å². The number of ether oxygens (including phenoxy) is 1. The minimum Gasteiger partial charge on any atom is -0.379 e. The smallest absolute Gasteiger partial charge is 0.127 e. The monoisotopic (exact) mass is 239 g/mol. The molecule has 2 nitrogen and oxygen atoms in total. The maximum Gasteiger partial charge on any atom is 0.127 e. The molecule has 3 heteroatoms. The van der Waals surface area contributed by atoms with Crippen LogP contribution in [0.4, 0.5) is 4.39 Å². The second-order valence-electron chi connectivity index (χ2n) is 5.04. The van der Waals surface area contributed by atoms with Crippen molar-refractivity contribution < 1.29 is 9.13 Å². The topological polar surface area (TPSA) is 21.3 Å². The van der Waals surface area contributed by atoms with Crippen LogP contribution >= 0.6 is 0 Å². The first-order valence-corrected chi connectivity index (χ1v) is 5.96. The molecule has 0 heterocycles. The zero-order valence-electron chi connectivity index (χ0n) is 11.1. The summed E-state index contributed by atoms with van der Waals surface area (Å²) in [5.74, 6) is -0.154. The van der Waals surface area contributed by atoms with Crippen LogP contribution in [0.15, 0.2) is 24.3 Å². The molecular formula is C14H22FNO. The van der Waals surface area contributed by atoms with E-state index in [4.69, 9.17) is 4.74 Å². The molecule has 0 amide bonds. The summed E-state index contributed by atoms with van der Waals surface area (Å²) in [7, 11) is 1.71. The van der Waals surface area contributed by atoms with Gasteiger partial charge in [-0.1, -0.05) is 18.2 Å². The summed E-state index contributed by atoms with van der Waals surface area (Å²) >= 11 is 0. The van der Waals surface area contributed by atoms with Crippen LogP contribution in [0.3, 0.4) is 0 Å². The van der Waals surface area contributed by atoms with Gasteiger partial charge in [-0.05, 0) is 33.3 Å². The van der Waals surface area contributed by atoms with E-state index in [1.165, 1.54) is 6.07 Å². The van der Waals surface area contributed by atoms with E-state index in [1.807, 2.05) is 19.9 Å². The second-order valence-corrected chi connectivity index (χ2v) is 5.04. The van der Waals surface area contributed by atoms with Crippen molar-refractivity contribution in [2.24, 2.45) is 0 Å². The van der Waals surface area contributed by atoms with Crippen LogP contribution in [0, 0.1) is 5.82 Å². The van der Waals surface area contributed by atoms with Gasteiger partial charge in [0.2, 0.25) is 0 Å². The summed E-state index contributed by atoms with van der Waals surface area (Å²) in [6.07, 6.45) is 0.887. The van der Waals surface area contributed by atoms with Crippen molar-refractivity contribution in [3.63, 3.8) is 0 Å². The highest BCUT2D eigenvalue weighted by Crippen LogP contribution is 2.16. The van der Waals surface area contributed by atoms with E-state index in [9.17, 15) is 4.39 Å². The molecule has 0 aromatic heterocycles. The van der Waals surface area contributed by atoms with Gasteiger partial charge in [0.05, 0.1) is 5.60 Å². The van der Waals surface area contributed by atoms with Gasteiger partial charge in [0.1, 0.15) is 5.82 Å². The van der Waals surface area contributed by atoms with Crippen molar-refractivity contribution in [2.45, 2.75) is 45.4 Å². The van der Waals surface area contributed by atoms with E-state index in [-0.39, 0.29) is 17.5 Å². The third-order valence-electron chi connectivity index (χ3n) is 2.95. The highest BCUT2D eigenvalue weighted by Gasteiger charge is 2.19. The second kappa shape index (κ2) is 6.12. The fraction of sp³-hybridized carbons (Fsp3) is 0.571. The Bertz CT molecular complexity index is 352. The zero-order chi connectivity index (χ0) is 12.9. The summed E-state index contributed by atoms with van der Waals surface area (Å²) in [6.45, 7) is 6.73. The fourth-order valence-electron chi connectivity index (χ4n) is 1.82. The van der Waals surface area contributed by atoms with Gasteiger partial charge in [0.15, 0.2) is 0 Å². The van der Waals surface area contributed by atoms with Crippen LogP contribution < -0.4 is 5.32 Å². The van der Waals surface area contributed by atoms with E-state index in [0.29, 0.717) is 12.1 Å². The Morgan fingerprint density at radius 2 is 2.00 bits per heavy atom. The molecule has 1 unspecified atom stereocenters. The minimum absolute atomic E-state index is 0.151. The van der Waals surface area contributed by atoms with E-state index >= 15 is 0 Å². The van der Waals surface area contributed by atoms with Gasteiger partial charge in [-0.25, -0.2) is 4.39 Å². The summed E-state index contributed by atoms with van der Waals surface area (Å²) in [5, 5.41) is 3.31. The predicted molar refractivity (Wildman–Crippen MR) is 68.4 cm³/mol. The fourth-order valence-corrected chi connectivity index (χ4v) is 1.82. The summed E-state index contributed by atoms with van der Waals surface area (Å²) in [5.41, 5.74) is 0.552. The maximum atomic E-state index is 13.4. The molecule has 0 saturated heterocycles. The van der Waals surface area contributed by atoms with E-state index in [0.717, 1.165) is 6.42 Å². The Kier molecular flexibility index (Phi) is 5.09. The van der Waals surface area contributed by atoms with Crippen molar-refractivity contribution in [3.8, 4) is 0 Å². The van der Waals surface area contributed by atoms with Gasteiger partial charge in [-0.3, -0.25) is 0 Å². The minimum atomic E-state index is -0.154. The molecule has 0 aliphatic rings. The van der Waals surface area contributed by atoms with Crippen molar-refractivity contribution in [2.75, 3.05) is 7.11 Å². The molecule has 0 saturated carbocycles. The van der Waals surface area contributed by atoms with E-state index in [2.05, 4.69) is 12.2 Å². The Morgan fingerprint density at radius 3 is 2.59 bits per heavy atom. The van der Waals surface area contributed by atoms with Gasteiger partial charge >= 0.3 is 0 Å². The van der Waals surface area contributed by atoms with E-state index < -0.39 is 0 Å². The first-order valence-electron chi connectivity index (χ1n) is 5.96. The number of methoxy groups -OCH3 is 1. The molecule has 1 aromatic carbocycles. The zero-order valence-corrected chi connectivity index (χ0v) is 11.1. The quantitative estimate of drug-likeness (QED) is 0.823. The molecule has 1 aromatic rings. The van der Waals surface area contributed by atoms with E-state index in [1.54, 1.807) is 19.2 Å². The maximum absolute atomic E-state index is 13.4. The molecule has 0 aliphatic carbocycles. The first kappa shape index (κ1) is 14.1. The van der Waals surface area contributed by atoms with Gasteiger partial charge in [0, 0.05) is 25.3 Å². The highest BCUT2D eigenvalue weighted by atomic mass is 19.1. The summed E-state index contributed by atoms with van der Waals surface area (Å²) in [6, 6.07) is 7.13. The number of nitrogens with one attached hydrogen (secondary N) is 1. The molecule has 96 valence electrons. The third-order valence-corrected chi connectivity index (χ3v) is 2.95. The lowest BCUT2D eigenvalue weighted by atomic mass is 9.99. The predicted octanol–water partition coefficient (Wildman–Crippen LogP) is 3.12. The molecule has 1 atom stereocenters. The van der Waals surface area contributed by atoms with Crippen LogP contribution in [0.5, 0.6) is 0 Å². The number of halogens is 1. The summed E-state index contributed by atoms with van der Waals surface area (Å²) in [4.78, 5) is 0. The number of hydrogen-bond donors (Lipinski definition) is 1. The normalized spacial score (nSPS) is 13.7. The SMILES string of the molecule is COC(C)(C)CC(C)NCc1ccccc1F. The molecule has 0 bridgehead atoms. The number of rotatable bonds is 6. The van der Waals surface area contributed by atoms with Crippen molar-refractivity contribution in [1.29, 1.82) is 0 Å². The van der Waals surface area contributed by atoms with Gasteiger partial charge in [0.25, 0.3) is 0 Å². The lowest BCUT2D eigenvalue weighted by Crippen LogP contribution is -2.35. The number of benzene rings is 1. The highest BCUT2D eigenvalue weighted by molar-refractivity contribution is 5.16. The first-order chi connectivity index (χ1) is 7.94. The average Bonchev–Trinajstić information content (AvgIpc) is 2.27. The van der Waals surface area contributed by atoms with Crippen LogP contribution in [0.25, 0.3) is 0 Å². The largest absolute Gasteiger partial charge is 0.379 e. The van der Waals surface area contributed by atoms with Crippen LogP contribution in [0.1, 0.15) is 32.8 Å². The van der Waals surface area contributed by atoms with Crippen LogP contribution in [0.2, 0.25) is 0 Å². The molecule has 1 N–H and O–H groups in total.